The van der Waals surface area contributed by atoms with Crippen LogP contribution in [-0.4, -0.2) is 24.1 Å². The fraction of sp³-hybridized carbons (Fsp3) is 0.500. The molecule has 4 heteroatoms. The van der Waals surface area contributed by atoms with Crippen LogP contribution in [0, 0.1) is 0 Å². The molecule has 1 aliphatic carbocycles. The average Bonchev–Trinajstić information content (AvgIpc) is 2.46. The molecule has 1 aromatic carbocycles. The molecule has 1 aliphatic rings. The van der Waals surface area contributed by atoms with Gasteiger partial charge in [0.2, 0.25) is 0 Å². The second kappa shape index (κ2) is 5.76. The summed E-state index contributed by atoms with van der Waals surface area (Å²) >= 11 is 0. The first kappa shape index (κ1) is 12.7. The molecule has 0 radical (unpaired) electrons. The molecule has 98 valence electrons. The SMILES string of the molecule is CN(c1ccccc1/C(N)=N\O)C1CCCCC1. The van der Waals surface area contributed by atoms with Crippen molar-refractivity contribution in [3.8, 4) is 0 Å². The molecule has 18 heavy (non-hydrogen) atoms. The second-order valence-electron chi connectivity index (χ2n) is 4.91. The van der Waals surface area contributed by atoms with E-state index in [1.165, 1.54) is 32.1 Å². The highest BCUT2D eigenvalue weighted by molar-refractivity contribution is 6.02. The molecule has 0 heterocycles. The van der Waals surface area contributed by atoms with Crippen LogP contribution >= 0.6 is 0 Å². The maximum Gasteiger partial charge on any atom is 0.172 e. The zero-order valence-electron chi connectivity index (χ0n) is 10.8. The maximum absolute atomic E-state index is 8.85. The summed E-state index contributed by atoms with van der Waals surface area (Å²) in [6, 6.07) is 8.38. The lowest BCUT2D eigenvalue weighted by Crippen LogP contribution is -2.34. The minimum absolute atomic E-state index is 0.174. The van der Waals surface area contributed by atoms with Crippen molar-refractivity contribution in [3.63, 3.8) is 0 Å². The van der Waals surface area contributed by atoms with E-state index in [2.05, 4.69) is 17.1 Å². The summed E-state index contributed by atoms with van der Waals surface area (Å²) < 4.78 is 0. The summed E-state index contributed by atoms with van der Waals surface area (Å²) in [4.78, 5) is 2.27. The Bertz CT molecular complexity index is 425. The van der Waals surface area contributed by atoms with Gasteiger partial charge < -0.3 is 15.8 Å². The first-order valence-electron chi connectivity index (χ1n) is 6.54. The number of nitrogens with zero attached hydrogens (tertiary/aromatic N) is 2. The molecular weight excluding hydrogens is 226 g/mol. The molecule has 0 saturated heterocycles. The number of hydrogen-bond donors (Lipinski definition) is 2. The number of oxime groups is 1. The fourth-order valence-electron chi connectivity index (χ4n) is 2.72. The number of amidine groups is 1. The van der Waals surface area contributed by atoms with E-state index in [0.717, 1.165) is 11.3 Å². The predicted octanol–water partition coefficient (Wildman–Crippen LogP) is 2.55. The molecule has 1 fully saturated rings. The van der Waals surface area contributed by atoms with Gasteiger partial charge in [-0.25, -0.2) is 0 Å². The molecular formula is C14H21N3O. The summed E-state index contributed by atoms with van der Waals surface area (Å²) in [5.41, 5.74) is 7.58. The van der Waals surface area contributed by atoms with Gasteiger partial charge in [0, 0.05) is 24.3 Å². The largest absolute Gasteiger partial charge is 0.409 e. The zero-order chi connectivity index (χ0) is 13.0. The van der Waals surface area contributed by atoms with Gasteiger partial charge in [0.05, 0.1) is 0 Å². The molecule has 1 aromatic rings. The van der Waals surface area contributed by atoms with Crippen LogP contribution in [0.5, 0.6) is 0 Å². The normalized spacial score (nSPS) is 17.7. The third kappa shape index (κ3) is 2.58. The minimum Gasteiger partial charge on any atom is -0.409 e. The first-order valence-corrected chi connectivity index (χ1v) is 6.54. The lowest BCUT2D eigenvalue weighted by Gasteiger charge is -2.34. The third-order valence-corrected chi connectivity index (χ3v) is 3.79. The third-order valence-electron chi connectivity index (χ3n) is 3.79. The van der Waals surface area contributed by atoms with Crippen molar-refractivity contribution < 1.29 is 5.21 Å². The van der Waals surface area contributed by atoms with E-state index in [1.807, 2.05) is 24.3 Å². The van der Waals surface area contributed by atoms with Gasteiger partial charge in [0.25, 0.3) is 0 Å². The van der Waals surface area contributed by atoms with E-state index in [1.54, 1.807) is 0 Å². The van der Waals surface area contributed by atoms with Crippen molar-refractivity contribution in [2.24, 2.45) is 10.9 Å². The Morgan fingerprint density at radius 1 is 1.28 bits per heavy atom. The van der Waals surface area contributed by atoms with E-state index >= 15 is 0 Å². The van der Waals surface area contributed by atoms with Crippen LogP contribution in [-0.2, 0) is 0 Å². The van der Waals surface area contributed by atoms with Crippen molar-refractivity contribution >= 4 is 11.5 Å². The molecule has 1 saturated carbocycles. The summed E-state index contributed by atoms with van der Waals surface area (Å²) in [6.45, 7) is 0. The Balaban J connectivity index is 2.26. The molecule has 0 spiro atoms. The van der Waals surface area contributed by atoms with E-state index in [0.29, 0.717) is 6.04 Å². The smallest absolute Gasteiger partial charge is 0.172 e. The van der Waals surface area contributed by atoms with Crippen molar-refractivity contribution in [1.29, 1.82) is 0 Å². The number of hydrogen-bond acceptors (Lipinski definition) is 3. The standard InChI is InChI=1S/C14H21N3O/c1-17(11-7-3-2-4-8-11)13-10-6-5-9-12(13)14(15)16-18/h5-6,9-11,18H,2-4,7-8H2,1H3,(H2,15,16). The lowest BCUT2D eigenvalue weighted by atomic mass is 9.93. The zero-order valence-corrected chi connectivity index (χ0v) is 10.8. The average molecular weight is 247 g/mol. The number of para-hydroxylation sites is 1. The van der Waals surface area contributed by atoms with Crippen LogP contribution in [0.2, 0.25) is 0 Å². The number of anilines is 1. The van der Waals surface area contributed by atoms with Crippen LogP contribution in [0.25, 0.3) is 0 Å². The van der Waals surface area contributed by atoms with Gasteiger partial charge in [-0.1, -0.05) is 36.6 Å². The molecule has 0 aliphatic heterocycles. The van der Waals surface area contributed by atoms with Crippen molar-refractivity contribution in [2.45, 2.75) is 38.1 Å². The highest BCUT2D eigenvalue weighted by Crippen LogP contribution is 2.28. The molecule has 0 amide bonds. The van der Waals surface area contributed by atoms with E-state index in [-0.39, 0.29) is 5.84 Å². The van der Waals surface area contributed by atoms with Crippen molar-refractivity contribution in [1.82, 2.24) is 0 Å². The molecule has 0 atom stereocenters. The molecule has 0 bridgehead atoms. The Hall–Kier alpha value is -1.71. The molecule has 0 unspecified atom stereocenters. The van der Waals surface area contributed by atoms with Crippen LogP contribution in [0.3, 0.4) is 0 Å². The number of nitrogens with two attached hydrogens (primary N) is 1. The van der Waals surface area contributed by atoms with Crippen molar-refractivity contribution in [2.75, 3.05) is 11.9 Å². The molecule has 2 rings (SSSR count). The van der Waals surface area contributed by atoms with Gasteiger partial charge in [-0.05, 0) is 25.0 Å². The topological polar surface area (TPSA) is 61.8 Å². The van der Waals surface area contributed by atoms with Gasteiger partial charge >= 0.3 is 0 Å². The highest BCUT2D eigenvalue weighted by atomic mass is 16.4. The molecule has 0 aromatic heterocycles. The van der Waals surface area contributed by atoms with Crippen molar-refractivity contribution in [3.05, 3.63) is 29.8 Å². The van der Waals surface area contributed by atoms with Crippen LogP contribution < -0.4 is 10.6 Å². The maximum atomic E-state index is 8.85. The van der Waals surface area contributed by atoms with E-state index in [4.69, 9.17) is 10.9 Å². The summed E-state index contributed by atoms with van der Waals surface area (Å²) in [5.74, 6) is 0.174. The monoisotopic (exact) mass is 247 g/mol. The van der Waals surface area contributed by atoms with Crippen LogP contribution in [0.15, 0.2) is 29.4 Å². The minimum atomic E-state index is 0.174. The molecule has 4 nitrogen and oxygen atoms in total. The Morgan fingerprint density at radius 3 is 2.61 bits per heavy atom. The fourth-order valence-corrected chi connectivity index (χ4v) is 2.72. The summed E-state index contributed by atoms with van der Waals surface area (Å²) in [6.07, 6.45) is 6.37. The lowest BCUT2D eigenvalue weighted by molar-refractivity contribution is 0.318. The van der Waals surface area contributed by atoms with Crippen LogP contribution in [0.1, 0.15) is 37.7 Å². The summed E-state index contributed by atoms with van der Waals surface area (Å²) in [5, 5.41) is 12.0. The van der Waals surface area contributed by atoms with Gasteiger partial charge in [0.1, 0.15) is 0 Å². The van der Waals surface area contributed by atoms with Gasteiger partial charge in [-0.15, -0.1) is 0 Å². The first-order chi connectivity index (χ1) is 8.74. The molecule has 3 N–H and O–H groups in total. The second-order valence-corrected chi connectivity index (χ2v) is 4.91. The Kier molecular flexibility index (Phi) is 4.07. The predicted molar refractivity (Wildman–Crippen MR) is 74.2 cm³/mol. The van der Waals surface area contributed by atoms with E-state index in [9.17, 15) is 0 Å². The van der Waals surface area contributed by atoms with Gasteiger partial charge in [-0.2, -0.15) is 0 Å². The highest BCUT2D eigenvalue weighted by Gasteiger charge is 2.20. The van der Waals surface area contributed by atoms with Crippen LogP contribution in [0.4, 0.5) is 5.69 Å². The quantitative estimate of drug-likeness (QED) is 0.373. The van der Waals surface area contributed by atoms with Gasteiger partial charge in [0.15, 0.2) is 5.84 Å². The number of rotatable bonds is 3. The number of benzene rings is 1. The Morgan fingerprint density at radius 2 is 1.94 bits per heavy atom. The van der Waals surface area contributed by atoms with Gasteiger partial charge in [-0.3, -0.25) is 0 Å². The van der Waals surface area contributed by atoms with E-state index < -0.39 is 0 Å². The Labute approximate surface area is 108 Å². The summed E-state index contributed by atoms with van der Waals surface area (Å²) in [7, 11) is 2.10.